The van der Waals surface area contributed by atoms with Crippen LogP contribution < -0.4 is 0 Å². The molecule has 0 saturated heterocycles. The molecule has 1 aromatic rings. The zero-order valence-electron chi connectivity index (χ0n) is 9.96. The van der Waals surface area contributed by atoms with Crippen molar-refractivity contribution in [1.29, 1.82) is 0 Å². The van der Waals surface area contributed by atoms with Gasteiger partial charge in [-0.3, -0.25) is 9.59 Å². The lowest BCUT2D eigenvalue weighted by atomic mass is 10.1. The standard InChI is InChI=1S/C12H15NO5/c1-2-6-13(7-10(16)17)12(18)11-8(14)4-3-5-9(11)15/h3-5,14-15H,2,6-7H2,1H3,(H,16,17). The Morgan fingerprint density at radius 1 is 1.22 bits per heavy atom. The largest absolute Gasteiger partial charge is 0.507 e. The summed E-state index contributed by atoms with van der Waals surface area (Å²) in [6.07, 6.45) is 0.577. The van der Waals surface area contributed by atoms with Gasteiger partial charge in [-0.1, -0.05) is 13.0 Å². The lowest BCUT2D eigenvalue weighted by molar-refractivity contribution is -0.137. The lowest BCUT2D eigenvalue weighted by Gasteiger charge is -2.20. The molecule has 6 heteroatoms. The highest BCUT2D eigenvalue weighted by Crippen LogP contribution is 2.27. The topological polar surface area (TPSA) is 98.1 Å². The third kappa shape index (κ3) is 3.13. The second kappa shape index (κ2) is 5.90. The minimum atomic E-state index is -1.15. The van der Waals surface area contributed by atoms with Crippen LogP contribution in [0.4, 0.5) is 0 Å². The molecule has 1 rings (SSSR count). The fourth-order valence-electron chi connectivity index (χ4n) is 1.59. The number of benzene rings is 1. The highest BCUT2D eigenvalue weighted by Gasteiger charge is 2.23. The van der Waals surface area contributed by atoms with E-state index in [0.717, 1.165) is 4.90 Å². The number of nitrogens with zero attached hydrogens (tertiary/aromatic N) is 1. The molecule has 0 fully saturated rings. The van der Waals surface area contributed by atoms with Gasteiger partial charge in [-0.15, -0.1) is 0 Å². The van der Waals surface area contributed by atoms with Crippen LogP contribution in [0.1, 0.15) is 23.7 Å². The van der Waals surface area contributed by atoms with Gasteiger partial charge >= 0.3 is 5.97 Å². The van der Waals surface area contributed by atoms with Crippen molar-refractivity contribution in [2.24, 2.45) is 0 Å². The molecule has 0 aliphatic rings. The second-order valence-corrected chi connectivity index (χ2v) is 3.79. The van der Waals surface area contributed by atoms with Gasteiger partial charge in [0, 0.05) is 6.54 Å². The Morgan fingerprint density at radius 2 is 1.78 bits per heavy atom. The Morgan fingerprint density at radius 3 is 2.22 bits per heavy atom. The summed E-state index contributed by atoms with van der Waals surface area (Å²) in [4.78, 5) is 23.8. The van der Waals surface area contributed by atoms with E-state index in [9.17, 15) is 19.8 Å². The summed E-state index contributed by atoms with van der Waals surface area (Å²) in [5.41, 5.74) is -0.271. The molecule has 0 saturated carbocycles. The Kier molecular flexibility index (Phi) is 4.53. The van der Waals surface area contributed by atoms with Crippen LogP contribution >= 0.6 is 0 Å². The summed E-state index contributed by atoms with van der Waals surface area (Å²) in [7, 11) is 0. The number of amides is 1. The van der Waals surface area contributed by atoms with Crippen molar-refractivity contribution in [3.05, 3.63) is 23.8 Å². The van der Waals surface area contributed by atoms with E-state index in [1.807, 2.05) is 0 Å². The summed E-state index contributed by atoms with van der Waals surface area (Å²) in [6.45, 7) is 1.56. The second-order valence-electron chi connectivity index (χ2n) is 3.79. The van der Waals surface area contributed by atoms with Gasteiger partial charge in [-0.05, 0) is 18.6 Å². The maximum absolute atomic E-state index is 12.1. The predicted octanol–water partition coefficient (Wildman–Crippen LogP) is 1.03. The SMILES string of the molecule is CCCN(CC(=O)O)C(=O)c1c(O)cccc1O. The van der Waals surface area contributed by atoms with Crippen molar-refractivity contribution in [3.63, 3.8) is 0 Å². The fraction of sp³-hybridized carbons (Fsp3) is 0.333. The number of hydrogen-bond donors (Lipinski definition) is 3. The van der Waals surface area contributed by atoms with Gasteiger partial charge < -0.3 is 20.2 Å². The quantitative estimate of drug-likeness (QED) is 0.728. The molecule has 98 valence electrons. The zero-order chi connectivity index (χ0) is 13.7. The van der Waals surface area contributed by atoms with Crippen LogP contribution in [0.3, 0.4) is 0 Å². The van der Waals surface area contributed by atoms with Gasteiger partial charge in [0.25, 0.3) is 5.91 Å². The Hall–Kier alpha value is -2.24. The first kappa shape index (κ1) is 13.8. The molecule has 0 heterocycles. The fourth-order valence-corrected chi connectivity index (χ4v) is 1.59. The van der Waals surface area contributed by atoms with Crippen molar-refractivity contribution in [2.75, 3.05) is 13.1 Å². The molecule has 0 aromatic heterocycles. The van der Waals surface area contributed by atoms with Crippen molar-refractivity contribution in [2.45, 2.75) is 13.3 Å². The summed E-state index contributed by atoms with van der Waals surface area (Å²) < 4.78 is 0. The molecule has 0 bridgehead atoms. The van der Waals surface area contributed by atoms with E-state index in [-0.39, 0.29) is 23.6 Å². The molecular formula is C12H15NO5. The average Bonchev–Trinajstić information content (AvgIpc) is 2.27. The monoisotopic (exact) mass is 253 g/mol. The average molecular weight is 253 g/mol. The lowest BCUT2D eigenvalue weighted by Crippen LogP contribution is -2.36. The van der Waals surface area contributed by atoms with Crippen LogP contribution in [0.5, 0.6) is 11.5 Å². The van der Waals surface area contributed by atoms with Gasteiger partial charge in [-0.25, -0.2) is 0 Å². The van der Waals surface area contributed by atoms with Crippen LogP contribution in [0.15, 0.2) is 18.2 Å². The maximum atomic E-state index is 12.1. The normalized spacial score (nSPS) is 10.1. The number of phenols is 2. The number of aliphatic carboxylic acids is 1. The van der Waals surface area contributed by atoms with E-state index in [0.29, 0.717) is 6.42 Å². The molecule has 18 heavy (non-hydrogen) atoms. The molecule has 0 unspecified atom stereocenters. The highest BCUT2D eigenvalue weighted by atomic mass is 16.4. The molecule has 0 aliphatic heterocycles. The zero-order valence-corrected chi connectivity index (χ0v) is 9.96. The molecule has 0 atom stereocenters. The maximum Gasteiger partial charge on any atom is 0.323 e. The highest BCUT2D eigenvalue weighted by molar-refractivity contribution is 6.00. The van der Waals surface area contributed by atoms with Crippen LogP contribution in [-0.2, 0) is 4.79 Å². The van der Waals surface area contributed by atoms with E-state index in [2.05, 4.69) is 0 Å². The molecule has 0 spiro atoms. The third-order valence-electron chi connectivity index (χ3n) is 2.34. The summed E-state index contributed by atoms with van der Waals surface area (Å²) in [5.74, 6) is -2.58. The minimum Gasteiger partial charge on any atom is -0.507 e. The first-order chi connectivity index (χ1) is 8.47. The third-order valence-corrected chi connectivity index (χ3v) is 2.34. The van der Waals surface area contributed by atoms with E-state index in [4.69, 9.17) is 5.11 Å². The number of carboxylic acid groups (broad SMARTS) is 1. The van der Waals surface area contributed by atoms with Crippen molar-refractivity contribution >= 4 is 11.9 Å². The number of carbonyl (C=O) groups excluding carboxylic acids is 1. The summed E-state index contributed by atoms with van der Waals surface area (Å²) in [5, 5.41) is 27.8. The first-order valence-corrected chi connectivity index (χ1v) is 5.49. The van der Waals surface area contributed by atoms with Crippen molar-refractivity contribution in [1.82, 2.24) is 4.90 Å². The van der Waals surface area contributed by atoms with Gasteiger partial charge in [0.2, 0.25) is 0 Å². The van der Waals surface area contributed by atoms with Crippen LogP contribution in [0.2, 0.25) is 0 Å². The molecule has 6 nitrogen and oxygen atoms in total. The number of rotatable bonds is 5. The molecular weight excluding hydrogens is 238 g/mol. The smallest absolute Gasteiger partial charge is 0.323 e. The van der Waals surface area contributed by atoms with Gasteiger partial charge in [-0.2, -0.15) is 0 Å². The molecule has 0 aliphatic carbocycles. The van der Waals surface area contributed by atoms with E-state index in [1.54, 1.807) is 6.92 Å². The van der Waals surface area contributed by atoms with E-state index in [1.165, 1.54) is 18.2 Å². The first-order valence-electron chi connectivity index (χ1n) is 5.49. The number of hydrogen-bond acceptors (Lipinski definition) is 4. The molecule has 0 radical (unpaired) electrons. The number of carboxylic acids is 1. The van der Waals surface area contributed by atoms with Gasteiger partial charge in [0.1, 0.15) is 23.6 Å². The number of phenolic OH excluding ortho intramolecular Hbond substituents is 2. The summed E-state index contributed by atoms with van der Waals surface area (Å²) >= 11 is 0. The van der Waals surface area contributed by atoms with E-state index < -0.39 is 18.4 Å². The Balaban J connectivity index is 3.05. The molecule has 1 aromatic carbocycles. The molecule has 3 N–H and O–H groups in total. The van der Waals surface area contributed by atoms with Gasteiger partial charge in [0.05, 0.1) is 0 Å². The van der Waals surface area contributed by atoms with Crippen molar-refractivity contribution in [3.8, 4) is 11.5 Å². The minimum absolute atomic E-state index is 0.235. The van der Waals surface area contributed by atoms with Crippen molar-refractivity contribution < 1.29 is 24.9 Å². The predicted molar refractivity (Wildman–Crippen MR) is 63.6 cm³/mol. The Bertz CT molecular complexity index is 438. The number of aromatic hydroxyl groups is 2. The van der Waals surface area contributed by atoms with Crippen LogP contribution in [-0.4, -0.2) is 45.2 Å². The van der Waals surface area contributed by atoms with Crippen LogP contribution in [0, 0.1) is 0 Å². The Labute approximate surface area is 104 Å². The van der Waals surface area contributed by atoms with Crippen LogP contribution in [0.25, 0.3) is 0 Å². The molecule has 1 amide bonds. The van der Waals surface area contributed by atoms with E-state index >= 15 is 0 Å². The van der Waals surface area contributed by atoms with Gasteiger partial charge in [0.15, 0.2) is 0 Å². The number of carbonyl (C=O) groups is 2. The summed E-state index contributed by atoms with van der Waals surface area (Å²) in [6, 6.07) is 3.92.